The zero-order chi connectivity index (χ0) is 4.28. The molecule has 2 heteroatoms. The first-order valence-electron chi connectivity index (χ1n) is 1.35. The molecule has 1 radical (unpaired) electrons. The van der Waals surface area contributed by atoms with E-state index in [0.717, 1.165) is 0 Å². The van der Waals surface area contributed by atoms with Gasteiger partial charge in [0.05, 0.1) is 5.88 Å². The van der Waals surface area contributed by atoms with Gasteiger partial charge in [-0.1, -0.05) is 0 Å². The van der Waals surface area contributed by atoms with Gasteiger partial charge < -0.3 is 0 Å². The van der Waals surface area contributed by atoms with Crippen molar-refractivity contribution >= 4 is 23.2 Å². The standard InChI is InChI=1S/C3H5Cl2/c1-3(5)2-4/h2-3H,1H3. The highest BCUT2D eigenvalue weighted by atomic mass is 35.5. The van der Waals surface area contributed by atoms with E-state index < -0.39 is 0 Å². The van der Waals surface area contributed by atoms with Gasteiger partial charge in [0.15, 0.2) is 0 Å². The fraction of sp³-hybridized carbons (Fsp3) is 0.667. The Balaban J connectivity index is 2.54. The predicted octanol–water partition coefficient (Wildman–Crippen LogP) is 2.01. The fourth-order valence-corrected chi connectivity index (χ4v) is 0. The Morgan fingerprint density at radius 3 is 2.00 bits per heavy atom. The Morgan fingerprint density at radius 2 is 2.00 bits per heavy atom. The van der Waals surface area contributed by atoms with Crippen molar-refractivity contribution in [3.63, 3.8) is 0 Å². The summed E-state index contributed by atoms with van der Waals surface area (Å²) in [5.74, 6) is 1.40. The molecule has 0 fully saturated rings. The van der Waals surface area contributed by atoms with Crippen molar-refractivity contribution in [3.05, 3.63) is 5.88 Å². The highest BCUT2D eigenvalue weighted by Crippen LogP contribution is 1.99. The maximum atomic E-state index is 5.27. The van der Waals surface area contributed by atoms with Gasteiger partial charge in [-0.05, 0) is 6.92 Å². The molecular weight excluding hydrogens is 107 g/mol. The average molecular weight is 112 g/mol. The van der Waals surface area contributed by atoms with E-state index in [2.05, 4.69) is 0 Å². The van der Waals surface area contributed by atoms with Crippen molar-refractivity contribution < 1.29 is 0 Å². The van der Waals surface area contributed by atoms with Crippen LogP contribution in [0.15, 0.2) is 0 Å². The molecule has 0 aliphatic rings. The minimum absolute atomic E-state index is 0.00309. The molecule has 0 aromatic heterocycles. The molecule has 0 amide bonds. The summed E-state index contributed by atoms with van der Waals surface area (Å²) in [7, 11) is 0. The first-order chi connectivity index (χ1) is 2.27. The van der Waals surface area contributed by atoms with Crippen LogP contribution in [0.3, 0.4) is 0 Å². The van der Waals surface area contributed by atoms with E-state index in [1.807, 2.05) is 0 Å². The predicted molar refractivity (Wildman–Crippen MR) is 25.5 cm³/mol. The number of hydrogen-bond donors (Lipinski definition) is 0. The number of rotatable bonds is 1. The third-order valence-electron chi connectivity index (χ3n) is 0.174. The first kappa shape index (κ1) is 5.58. The van der Waals surface area contributed by atoms with Crippen LogP contribution in [-0.2, 0) is 0 Å². The monoisotopic (exact) mass is 111 g/mol. The highest BCUT2D eigenvalue weighted by Gasteiger charge is 1.86. The summed E-state index contributed by atoms with van der Waals surface area (Å²) in [6.45, 7) is 1.80. The number of alkyl halides is 1. The molecule has 0 aliphatic heterocycles. The lowest BCUT2D eigenvalue weighted by molar-refractivity contribution is 1.20. The minimum Gasteiger partial charge on any atom is -0.122 e. The van der Waals surface area contributed by atoms with Gasteiger partial charge in [-0.25, -0.2) is 0 Å². The molecule has 0 rings (SSSR count). The van der Waals surface area contributed by atoms with Gasteiger partial charge in [0.1, 0.15) is 0 Å². The molecule has 0 aromatic rings. The molecule has 0 saturated carbocycles. The van der Waals surface area contributed by atoms with Gasteiger partial charge in [-0.3, -0.25) is 0 Å². The summed E-state index contributed by atoms with van der Waals surface area (Å²) in [5, 5.41) is -0.00309. The van der Waals surface area contributed by atoms with Crippen LogP contribution in [0.2, 0.25) is 0 Å². The summed E-state index contributed by atoms with van der Waals surface area (Å²) >= 11 is 10.4. The number of halogens is 2. The molecule has 0 bridgehead atoms. The molecule has 0 aromatic carbocycles. The van der Waals surface area contributed by atoms with Gasteiger partial charge in [0.2, 0.25) is 0 Å². The largest absolute Gasteiger partial charge is 0.122 e. The van der Waals surface area contributed by atoms with E-state index in [9.17, 15) is 0 Å². The van der Waals surface area contributed by atoms with Gasteiger partial charge in [0, 0.05) is 5.38 Å². The van der Waals surface area contributed by atoms with Crippen LogP contribution in [0.5, 0.6) is 0 Å². The van der Waals surface area contributed by atoms with Crippen molar-refractivity contribution in [2.45, 2.75) is 12.3 Å². The molecule has 1 atom stereocenters. The van der Waals surface area contributed by atoms with Crippen LogP contribution in [0.1, 0.15) is 6.92 Å². The summed E-state index contributed by atoms with van der Waals surface area (Å²) < 4.78 is 0. The molecule has 5 heavy (non-hydrogen) atoms. The summed E-state index contributed by atoms with van der Waals surface area (Å²) in [6.07, 6.45) is 0. The Labute approximate surface area is 42.1 Å². The summed E-state index contributed by atoms with van der Waals surface area (Å²) in [4.78, 5) is 0. The average Bonchev–Trinajstić information content (AvgIpc) is 1.38. The Kier molecular flexibility index (Phi) is 3.12. The van der Waals surface area contributed by atoms with E-state index in [4.69, 9.17) is 23.2 Å². The minimum atomic E-state index is -0.00309. The van der Waals surface area contributed by atoms with Crippen LogP contribution in [0, 0.1) is 5.88 Å². The van der Waals surface area contributed by atoms with Gasteiger partial charge in [0.25, 0.3) is 0 Å². The van der Waals surface area contributed by atoms with Crippen LogP contribution in [0.25, 0.3) is 0 Å². The summed E-state index contributed by atoms with van der Waals surface area (Å²) in [6, 6.07) is 0. The van der Waals surface area contributed by atoms with Crippen molar-refractivity contribution in [3.8, 4) is 0 Å². The molecule has 0 saturated heterocycles. The maximum absolute atomic E-state index is 5.27. The van der Waals surface area contributed by atoms with E-state index in [0.29, 0.717) is 0 Å². The lowest BCUT2D eigenvalue weighted by Crippen LogP contribution is -1.80. The molecule has 1 unspecified atom stereocenters. The Hall–Kier alpha value is 0.580. The smallest absolute Gasteiger partial charge is 0.0674 e. The molecule has 0 heterocycles. The van der Waals surface area contributed by atoms with Gasteiger partial charge in [-0.15, -0.1) is 23.2 Å². The molecule has 0 spiro atoms. The Bertz CT molecular complexity index is 18.9. The number of hydrogen-bond acceptors (Lipinski definition) is 0. The molecule has 0 nitrogen and oxygen atoms in total. The van der Waals surface area contributed by atoms with Crippen LogP contribution in [-0.4, -0.2) is 5.38 Å². The Morgan fingerprint density at radius 1 is 1.80 bits per heavy atom. The third-order valence-corrected chi connectivity index (χ3v) is 0.807. The third kappa shape index (κ3) is 4.58. The fourth-order valence-electron chi connectivity index (χ4n) is 0. The second-order valence-electron chi connectivity index (χ2n) is 0.804. The van der Waals surface area contributed by atoms with E-state index in [1.54, 1.807) is 6.92 Å². The van der Waals surface area contributed by atoms with Gasteiger partial charge in [-0.2, -0.15) is 0 Å². The first-order valence-corrected chi connectivity index (χ1v) is 2.22. The maximum Gasteiger partial charge on any atom is 0.0674 e. The zero-order valence-electron chi connectivity index (χ0n) is 2.91. The topological polar surface area (TPSA) is 0 Å². The quantitative estimate of drug-likeness (QED) is 0.455. The van der Waals surface area contributed by atoms with Crippen molar-refractivity contribution in [2.75, 3.05) is 0 Å². The zero-order valence-corrected chi connectivity index (χ0v) is 4.42. The molecule has 31 valence electrons. The highest BCUT2D eigenvalue weighted by molar-refractivity contribution is 6.31. The second-order valence-corrected chi connectivity index (χ2v) is 1.74. The lowest BCUT2D eigenvalue weighted by atomic mass is 10.6. The van der Waals surface area contributed by atoms with Crippen molar-refractivity contribution in [2.24, 2.45) is 0 Å². The SMILES string of the molecule is CC(Cl)[CH]Cl. The summed E-state index contributed by atoms with van der Waals surface area (Å²) in [5.41, 5.74) is 0. The molecule has 0 N–H and O–H groups in total. The van der Waals surface area contributed by atoms with Crippen LogP contribution >= 0.6 is 23.2 Å². The van der Waals surface area contributed by atoms with E-state index in [-0.39, 0.29) is 5.38 Å². The second kappa shape index (κ2) is 2.80. The lowest BCUT2D eigenvalue weighted by Gasteiger charge is -1.84. The van der Waals surface area contributed by atoms with Crippen LogP contribution in [0.4, 0.5) is 0 Å². The molecule has 0 aliphatic carbocycles. The van der Waals surface area contributed by atoms with E-state index in [1.165, 1.54) is 5.88 Å². The van der Waals surface area contributed by atoms with E-state index >= 15 is 0 Å². The normalized spacial score (nSPS) is 15.0. The molecular formula is C3H5Cl2. The van der Waals surface area contributed by atoms with Crippen LogP contribution < -0.4 is 0 Å². The van der Waals surface area contributed by atoms with Gasteiger partial charge >= 0.3 is 0 Å². The van der Waals surface area contributed by atoms with Crippen molar-refractivity contribution in [1.82, 2.24) is 0 Å². The van der Waals surface area contributed by atoms with Crippen molar-refractivity contribution in [1.29, 1.82) is 0 Å².